The van der Waals surface area contributed by atoms with E-state index in [1.807, 2.05) is 30.3 Å². The summed E-state index contributed by atoms with van der Waals surface area (Å²) in [6.07, 6.45) is 0. The molecular weight excluding hydrogens is 512 g/mol. The second kappa shape index (κ2) is 8.94. The maximum absolute atomic E-state index is 13.9. The lowest BCUT2D eigenvalue weighted by Gasteiger charge is -2.32. The van der Waals surface area contributed by atoms with Crippen molar-refractivity contribution in [1.82, 2.24) is 10.2 Å². The number of amides is 2. The zero-order valence-electron chi connectivity index (χ0n) is 18.9. The van der Waals surface area contributed by atoms with Crippen LogP contribution >= 0.6 is 15.9 Å². The number of fused-ring (bicyclic) bond motifs is 1. The van der Waals surface area contributed by atoms with Gasteiger partial charge in [-0.25, -0.2) is 4.79 Å². The van der Waals surface area contributed by atoms with Gasteiger partial charge in [-0.2, -0.15) is 0 Å². The Bertz CT molecular complexity index is 1300. The lowest BCUT2D eigenvalue weighted by molar-refractivity contribution is -0.152. The van der Waals surface area contributed by atoms with Gasteiger partial charge >= 0.3 is 5.97 Å². The Morgan fingerprint density at radius 2 is 1.69 bits per heavy atom. The van der Waals surface area contributed by atoms with Crippen molar-refractivity contribution in [2.24, 2.45) is 11.8 Å². The van der Waals surface area contributed by atoms with E-state index in [1.54, 1.807) is 48.5 Å². The number of nitrogens with zero attached hydrogens (tertiary/aromatic N) is 1. The molecule has 8 heteroatoms. The number of carbonyl (C=O) groups is 3. The van der Waals surface area contributed by atoms with Crippen LogP contribution in [0.5, 0.6) is 5.75 Å². The smallest absolute Gasteiger partial charge is 0.329 e. The summed E-state index contributed by atoms with van der Waals surface area (Å²) >= 11 is 3.47. The molecule has 2 saturated heterocycles. The lowest BCUT2D eigenvalue weighted by atomic mass is 9.75. The molecule has 0 radical (unpaired) electrons. The van der Waals surface area contributed by atoms with Gasteiger partial charge in [0, 0.05) is 16.1 Å². The number of hydrogen-bond donors (Lipinski definition) is 2. The van der Waals surface area contributed by atoms with Crippen molar-refractivity contribution in [3.63, 3.8) is 0 Å². The molecule has 7 nitrogen and oxygen atoms in total. The summed E-state index contributed by atoms with van der Waals surface area (Å²) in [5.74, 6) is -3.67. The minimum absolute atomic E-state index is 0.0817. The SMILES string of the molecule is COc1ccc(Br)cc1C1NC(C(=O)O)(c2ccccc2)C2C(=O)N(Cc3ccccc3)C(=O)C12. The summed E-state index contributed by atoms with van der Waals surface area (Å²) in [6, 6.07) is 22.4. The van der Waals surface area contributed by atoms with E-state index in [9.17, 15) is 19.5 Å². The van der Waals surface area contributed by atoms with Crippen molar-refractivity contribution in [1.29, 1.82) is 0 Å². The van der Waals surface area contributed by atoms with E-state index in [-0.39, 0.29) is 6.54 Å². The molecule has 2 aliphatic rings. The maximum Gasteiger partial charge on any atom is 0.329 e. The number of aliphatic carboxylic acids is 1. The van der Waals surface area contributed by atoms with E-state index in [0.717, 1.165) is 10.0 Å². The van der Waals surface area contributed by atoms with Crippen LogP contribution in [0.15, 0.2) is 83.3 Å². The third-order valence-corrected chi connectivity index (χ3v) is 7.42. The summed E-state index contributed by atoms with van der Waals surface area (Å²) in [5, 5.41) is 13.8. The average molecular weight is 535 g/mol. The Labute approximate surface area is 210 Å². The van der Waals surface area contributed by atoms with Crippen LogP contribution in [0.4, 0.5) is 0 Å². The number of halogens is 1. The highest BCUT2D eigenvalue weighted by Gasteiger charge is 2.69. The van der Waals surface area contributed by atoms with Gasteiger partial charge in [0.25, 0.3) is 0 Å². The normalized spacial score (nSPS) is 25.5. The summed E-state index contributed by atoms with van der Waals surface area (Å²) in [7, 11) is 1.52. The number of likely N-dealkylation sites (tertiary alicyclic amines) is 1. The van der Waals surface area contributed by atoms with Crippen LogP contribution in [0.3, 0.4) is 0 Å². The standard InChI is InChI=1S/C27H23BrN2O5/c1-35-20-13-12-18(28)14-19(20)23-21-22(27(29-23,26(33)34)17-10-6-3-7-11-17)25(32)30(24(21)31)15-16-8-4-2-5-9-16/h2-14,21-23,29H,15H2,1H3,(H,33,34). The minimum Gasteiger partial charge on any atom is -0.496 e. The average Bonchev–Trinajstić information content (AvgIpc) is 3.35. The molecule has 3 aromatic carbocycles. The third kappa shape index (κ3) is 3.64. The number of rotatable bonds is 6. The minimum atomic E-state index is -1.79. The van der Waals surface area contributed by atoms with Crippen LogP contribution in [0.2, 0.25) is 0 Å². The highest BCUT2D eigenvalue weighted by molar-refractivity contribution is 9.10. The molecule has 4 atom stereocenters. The van der Waals surface area contributed by atoms with E-state index in [0.29, 0.717) is 16.9 Å². The van der Waals surface area contributed by atoms with E-state index in [2.05, 4.69) is 21.2 Å². The molecular formula is C27H23BrN2O5. The third-order valence-electron chi connectivity index (χ3n) is 6.93. The van der Waals surface area contributed by atoms with Crippen molar-refractivity contribution < 1.29 is 24.2 Å². The predicted molar refractivity (Wildman–Crippen MR) is 131 cm³/mol. The second-order valence-electron chi connectivity index (χ2n) is 8.74. The number of imide groups is 1. The van der Waals surface area contributed by atoms with Gasteiger partial charge in [-0.1, -0.05) is 76.6 Å². The zero-order valence-corrected chi connectivity index (χ0v) is 20.4. The molecule has 2 N–H and O–H groups in total. The van der Waals surface area contributed by atoms with E-state index in [1.165, 1.54) is 12.0 Å². The summed E-state index contributed by atoms with van der Waals surface area (Å²) < 4.78 is 6.31. The first-order valence-corrected chi connectivity index (χ1v) is 12.0. The predicted octanol–water partition coefficient (Wildman–Crippen LogP) is 3.88. The highest BCUT2D eigenvalue weighted by atomic mass is 79.9. The van der Waals surface area contributed by atoms with Crippen molar-refractivity contribution in [2.75, 3.05) is 7.11 Å². The largest absolute Gasteiger partial charge is 0.496 e. The monoisotopic (exact) mass is 534 g/mol. The molecule has 2 amide bonds. The summed E-state index contributed by atoms with van der Waals surface area (Å²) in [4.78, 5) is 41.9. The molecule has 5 rings (SSSR count). The molecule has 0 spiro atoms. The molecule has 4 unspecified atom stereocenters. The topological polar surface area (TPSA) is 95.9 Å². The van der Waals surface area contributed by atoms with Crippen molar-refractivity contribution in [3.05, 3.63) is 100 Å². The van der Waals surface area contributed by atoms with Gasteiger partial charge in [-0.15, -0.1) is 0 Å². The molecule has 0 saturated carbocycles. The fraction of sp³-hybridized carbons (Fsp3) is 0.222. The van der Waals surface area contributed by atoms with Crippen LogP contribution in [-0.2, 0) is 26.5 Å². The van der Waals surface area contributed by atoms with Crippen LogP contribution in [0, 0.1) is 11.8 Å². The number of carbonyl (C=O) groups excluding carboxylic acids is 2. The lowest BCUT2D eigenvalue weighted by Crippen LogP contribution is -2.53. The van der Waals surface area contributed by atoms with Crippen LogP contribution in [-0.4, -0.2) is 34.9 Å². The van der Waals surface area contributed by atoms with Crippen molar-refractivity contribution in [3.8, 4) is 5.75 Å². The van der Waals surface area contributed by atoms with Crippen LogP contribution in [0.25, 0.3) is 0 Å². The van der Waals surface area contributed by atoms with Gasteiger partial charge in [-0.3, -0.25) is 19.8 Å². The number of ether oxygens (including phenoxy) is 1. The first-order valence-electron chi connectivity index (χ1n) is 11.2. The molecule has 0 bridgehead atoms. The first kappa shape index (κ1) is 23.3. The molecule has 2 aliphatic heterocycles. The van der Waals surface area contributed by atoms with E-state index < -0.39 is 41.2 Å². The number of benzene rings is 3. The molecule has 35 heavy (non-hydrogen) atoms. The number of carboxylic acids is 1. The molecule has 0 aromatic heterocycles. The van der Waals surface area contributed by atoms with Crippen LogP contribution < -0.4 is 10.1 Å². The van der Waals surface area contributed by atoms with Crippen molar-refractivity contribution >= 4 is 33.7 Å². The molecule has 178 valence electrons. The Morgan fingerprint density at radius 1 is 1.03 bits per heavy atom. The maximum atomic E-state index is 13.9. The Morgan fingerprint density at radius 3 is 2.31 bits per heavy atom. The summed E-state index contributed by atoms with van der Waals surface area (Å²) in [5.41, 5.74) is 0.0296. The van der Waals surface area contributed by atoms with Gasteiger partial charge in [0.05, 0.1) is 25.5 Å². The number of hydrogen-bond acceptors (Lipinski definition) is 5. The Kier molecular flexibility index (Phi) is 5.94. The fourth-order valence-corrected chi connectivity index (χ4v) is 5.77. The number of carboxylic acid groups (broad SMARTS) is 1. The fourth-order valence-electron chi connectivity index (χ4n) is 5.39. The second-order valence-corrected chi connectivity index (χ2v) is 9.65. The van der Waals surface area contributed by atoms with Gasteiger partial charge in [-0.05, 0) is 29.3 Å². The van der Waals surface area contributed by atoms with Crippen LogP contribution in [0.1, 0.15) is 22.7 Å². The number of methoxy groups -OCH3 is 1. The molecule has 3 aromatic rings. The molecule has 0 aliphatic carbocycles. The Hall–Kier alpha value is -3.49. The van der Waals surface area contributed by atoms with E-state index >= 15 is 0 Å². The van der Waals surface area contributed by atoms with Gasteiger partial charge in [0.1, 0.15) is 5.75 Å². The van der Waals surface area contributed by atoms with Gasteiger partial charge in [0.15, 0.2) is 5.54 Å². The number of nitrogens with one attached hydrogen (secondary N) is 1. The quantitative estimate of drug-likeness (QED) is 0.466. The van der Waals surface area contributed by atoms with Crippen molar-refractivity contribution in [2.45, 2.75) is 18.1 Å². The zero-order chi connectivity index (χ0) is 24.7. The van der Waals surface area contributed by atoms with Gasteiger partial charge < -0.3 is 9.84 Å². The highest BCUT2D eigenvalue weighted by Crippen LogP contribution is 2.54. The van der Waals surface area contributed by atoms with E-state index in [4.69, 9.17) is 4.74 Å². The molecule has 2 heterocycles. The first-order chi connectivity index (χ1) is 16.9. The Balaban J connectivity index is 1.69. The molecule has 2 fully saturated rings. The summed E-state index contributed by atoms with van der Waals surface area (Å²) in [6.45, 7) is 0.0817. The van der Waals surface area contributed by atoms with Gasteiger partial charge in [0.2, 0.25) is 11.8 Å².